The average Bonchev–Trinajstić information content (AvgIpc) is 3.10. The molecule has 0 fully saturated rings. The SMILES string of the molecule is C=CC(=O)OC(CC=O)(C1=CCCC1)C1=CCCC1. The first-order valence-corrected chi connectivity index (χ1v) is 6.91. The van der Waals surface area contributed by atoms with Crippen molar-refractivity contribution < 1.29 is 14.3 Å². The maximum absolute atomic E-state index is 11.7. The minimum atomic E-state index is -0.833. The number of allylic oxidation sites excluding steroid dienone is 2. The molecule has 102 valence electrons. The Morgan fingerprint density at radius 1 is 1.26 bits per heavy atom. The van der Waals surface area contributed by atoms with E-state index in [4.69, 9.17) is 4.74 Å². The summed E-state index contributed by atoms with van der Waals surface area (Å²) in [5.74, 6) is -0.456. The van der Waals surface area contributed by atoms with Gasteiger partial charge < -0.3 is 9.53 Å². The first-order valence-electron chi connectivity index (χ1n) is 6.91. The van der Waals surface area contributed by atoms with E-state index in [2.05, 4.69) is 18.7 Å². The zero-order valence-corrected chi connectivity index (χ0v) is 11.2. The third kappa shape index (κ3) is 2.70. The van der Waals surface area contributed by atoms with Crippen LogP contribution in [-0.2, 0) is 14.3 Å². The lowest BCUT2D eigenvalue weighted by atomic mass is 9.82. The Kier molecular flexibility index (Phi) is 4.35. The van der Waals surface area contributed by atoms with Crippen molar-refractivity contribution in [2.45, 2.75) is 50.5 Å². The van der Waals surface area contributed by atoms with Crippen LogP contribution in [0.15, 0.2) is 36.0 Å². The summed E-state index contributed by atoms with van der Waals surface area (Å²) in [5, 5.41) is 0. The van der Waals surface area contributed by atoms with Gasteiger partial charge in [-0.3, -0.25) is 0 Å². The Morgan fingerprint density at radius 2 is 1.84 bits per heavy atom. The molecular formula is C16H20O3. The molecule has 3 heteroatoms. The lowest BCUT2D eigenvalue weighted by Gasteiger charge is -2.35. The molecule has 2 rings (SSSR count). The lowest BCUT2D eigenvalue weighted by Crippen LogP contribution is -2.39. The summed E-state index contributed by atoms with van der Waals surface area (Å²) in [6, 6.07) is 0. The summed E-state index contributed by atoms with van der Waals surface area (Å²) >= 11 is 0. The summed E-state index contributed by atoms with van der Waals surface area (Å²) in [6.45, 7) is 3.46. The highest BCUT2D eigenvalue weighted by molar-refractivity contribution is 5.82. The minimum Gasteiger partial charge on any atom is -0.446 e. The van der Waals surface area contributed by atoms with Crippen molar-refractivity contribution in [2.75, 3.05) is 0 Å². The van der Waals surface area contributed by atoms with Crippen LogP contribution in [0.5, 0.6) is 0 Å². The van der Waals surface area contributed by atoms with E-state index in [0.29, 0.717) is 0 Å². The maximum Gasteiger partial charge on any atom is 0.331 e. The Morgan fingerprint density at radius 3 is 2.21 bits per heavy atom. The number of hydrogen-bond acceptors (Lipinski definition) is 3. The lowest BCUT2D eigenvalue weighted by molar-refractivity contribution is -0.148. The van der Waals surface area contributed by atoms with Crippen molar-refractivity contribution in [3.8, 4) is 0 Å². The maximum atomic E-state index is 11.7. The molecule has 0 saturated heterocycles. The molecule has 19 heavy (non-hydrogen) atoms. The predicted molar refractivity (Wildman–Crippen MR) is 73.6 cm³/mol. The van der Waals surface area contributed by atoms with Crippen LogP contribution in [0, 0.1) is 0 Å². The van der Waals surface area contributed by atoms with Crippen molar-refractivity contribution in [3.05, 3.63) is 36.0 Å². The van der Waals surface area contributed by atoms with Gasteiger partial charge in [0.15, 0.2) is 5.60 Å². The molecule has 0 aromatic rings. The Labute approximate surface area is 114 Å². The third-order valence-electron chi connectivity index (χ3n) is 3.93. The minimum absolute atomic E-state index is 0.213. The Bertz CT molecular complexity index is 419. The molecule has 0 aliphatic heterocycles. The second-order valence-corrected chi connectivity index (χ2v) is 5.07. The molecule has 0 saturated carbocycles. The molecule has 0 bridgehead atoms. The number of hydrogen-bond donors (Lipinski definition) is 0. The first-order chi connectivity index (χ1) is 9.23. The van der Waals surface area contributed by atoms with Crippen LogP contribution in [0.4, 0.5) is 0 Å². The first kappa shape index (κ1) is 13.8. The second kappa shape index (κ2) is 6.00. The number of aldehydes is 1. The van der Waals surface area contributed by atoms with Gasteiger partial charge in [-0.2, -0.15) is 0 Å². The van der Waals surface area contributed by atoms with E-state index in [1.807, 2.05) is 0 Å². The summed E-state index contributed by atoms with van der Waals surface area (Å²) in [7, 11) is 0. The topological polar surface area (TPSA) is 43.4 Å². The van der Waals surface area contributed by atoms with E-state index in [9.17, 15) is 9.59 Å². The zero-order chi connectivity index (χ0) is 13.7. The Hall–Kier alpha value is -1.64. The van der Waals surface area contributed by atoms with Gasteiger partial charge in [-0.25, -0.2) is 4.79 Å². The van der Waals surface area contributed by atoms with Gasteiger partial charge in [0.25, 0.3) is 0 Å². The van der Waals surface area contributed by atoms with E-state index >= 15 is 0 Å². The fraction of sp³-hybridized carbons (Fsp3) is 0.500. The molecule has 0 N–H and O–H groups in total. The number of carbonyl (C=O) groups excluding carboxylic acids is 2. The van der Waals surface area contributed by atoms with Gasteiger partial charge in [-0.15, -0.1) is 0 Å². The predicted octanol–water partition coefficient (Wildman–Crippen LogP) is 3.26. The molecule has 3 nitrogen and oxygen atoms in total. The van der Waals surface area contributed by atoms with Crippen LogP contribution < -0.4 is 0 Å². The van der Waals surface area contributed by atoms with Crippen molar-refractivity contribution in [1.82, 2.24) is 0 Å². The summed E-state index contributed by atoms with van der Waals surface area (Å²) in [5.41, 5.74) is 1.34. The van der Waals surface area contributed by atoms with Gasteiger partial charge in [-0.1, -0.05) is 18.7 Å². The summed E-state index contributed by atoms with van der Waals surface area (Å²) < 4.78 is 5.67. The monoisotopic (exact) mass is 260 g/mol. The quantitative estimate of drug-likeness (QED) is 0.318. The molecule has 0 spiro atoms. The molecule has 0 radical (unpaired) electrons. The highest BCUT2D eigenvalue weighted by Gasteiger charge is 2.42. The van der Waals surface area contributed by atoms with E-state index in [1.54, 1.807) is 0 Å². The van der Waals surface area contributed by atoms with Crippen molar-refractivity contribution in [3.63, 3.8) is 0 Å². The molecule has 2 aliphatic rings. The van der Waals surface area contributed by atoms with Crippen LogP contribution in [0.2, 0.25) is 0 Å². The largest absolute Gasteiger partial charge is 0.446 e. The van der Waals surface area contributed by atoms with E-state index < -0.39 is 11.6 Å². The van der Waals surface area contributed by atoms with Crippen LogP contribution >= 0.6 is 0 Å². The zero-order valence-electron chi connectivity index (χ0n) is 11.2. The highest BCUT2D eigenvalue weighted by Crippen LogP contribution is 2.43. The normalized spacial score (nSPS) is 18.7. The van der Waals surface area contributed by atoms with Gasteiger partial charge in [0.2, 0.25) is 0 Å². The molecule has 0 atom stereocenters. The fourth-order valence-corrected chi connectivity index (χ4v) is 3.05. The molecule has 0 aromatic heterocycles. The fourth-order valence-electron chi connectivity index (χ4n) is 3.05. The van der Waals surface area contributed by atoms with Gasteiger partial charge in [-0.05, 0) is 49.7 Å². The van der Waals surface area contributed by atoms with Gasteiger partial charge in [0.1, 0.15) is 6.29 Å². The smallest absolute Gasteiger partial charge is 0.331 e. The van der Waals surface area contributed by atoms with E-state index in [-0.39, 0.29) is 6.42 Å². The van der Waals surface area contributed by atoms with Crippen molar-refractivity contribution in [2.24, 2.45) is 0 Å². The van der Waals surface area contributed by atoms with E-state index in [1.165, 1.54) is 6.08 Å². The van der Waals surface area contributed by atoms with Crippen LogP contribution in [0.1, 0.15) is 44.9 Å². The third-order valence-corrected chi connectivity index (χ3v) is 3.93. The van der Waals surface area contributed by atoms with Gasteiger partial charge in [0.05, 0.1) is 6.42 Å². The van der Waals surface area contributed by atoms with Gasteiger partial charge in [0, 0.05) is 6.08 Å². The van der Waals surface area contributed by atoms with Crippen LogP contribution in [0.3, 0.4) is 0 Å². The number of ether oxygens (including phenoxy) is 1. The number of carbonyl (C=O) groups is 2. The van der Waals surface area contributed by atoms with Gasteiger partial charge >= 0.3 is 5.97 Å². The molecule has 0 unspecified atom stereocenters. The van der Waals surface area contributed by atoms with E-state index in [0.717, 1.165) is 56.0 Å². The van der Waals surface area contributed by atoms with Crippen LogP contribution in [0.25, 0.3) is 0 Å². The Balaban J connectivity index is 2.39. The molecule has 2 aliphatic carbocycles. The highest BCUT2D eigenvalue weighted by atomic mass is 16.6. The number of esters is 1. The molecular weight excluding hydrogens is 240 g/mol. The molecule has 0 heterocycles. The van der Waals surface area contributed by atoms with Crippen molar-refractivity contribution >= 4 is 12.3 Å². The number of rotatable bonds is 6. The molecule has 0 amide bonds. The summed E-state index contributed by atoms with van der Waals surface area (Å²) in [4.78, 5) is 22.8. The van der Waals surface area contributed by atoms with Crippen molar-refractivity contribution in [1.29, 1.82) is 0 Å². The van der Waals surface area contributed by atoms with Crippen LogP contribution in [-0.4, -0.2) is 17.9 Å². The molecule has 0 aromatic carbocycles. The second-order valence-electron chi connectivity index (χ2n) is 5.07. The summed E-state index contributed by atoms with van der Waals surface area (Å²) in [6.07, 6.45) is 12.4. The average molecular weight is 260 g/mol. The standard InChI is InChI=1S/C16H20O3/c1-2-15(18)19-16(11-12-17,13-7-3-4-8-13)14-9-5-6-10-14/h2,7,9,12H,1,3-6,8,10-11H2.